The Morgan fingerprint density at radius 2 is 2.08 bits per heavy atom. The van der Waals surface area contributed by atoms with E-state index in [0.717, 1.165) is 28.9 Å². The number of rotatable bonds is 8. The molecule has 1 aromatic carbocycles. The molecule has 0 bridgehead atoms. The maximum atomic E-state index is 11.8. The van der Waals surface area contributed by atoms with E-state index >= 15 is 0 Å². The van der Waals surface area contributed by atoms with Gasteiger partial charge in [-0.05, 0) is 63.1 Å². The third-order valence-corrected chi connectivity index (χ3v) is 4.97. The van der Waals surface area contributed by atoms with Crippen molar-refractivity contribution < 1.29 is 15.0 Å². The lowest BCUT2D eigenvalue weighted by Crippen LogP contribution is -2.32. The van der Waals surface area contributed by atoms with E-state index in [2.05, 4.69) is 10.3 Å². The first-order valence-electron chi connectivity index (χ1n) is 8.62. The van der Waals surface area contributed by atoms with Gasteiger partial charge in [0.25, 0.3) is 0 Å². The molecule has 6 heteroatoms. The van der Waals surface area contributed by atoms with Crippen LogP contribution in [0.15, 0.2) is 24.4 Å². The Labute approximate surface area is 148 Å². The average molecular weight is 345 g/mol. The summed E-state index contributed by atoms with van der Waals surface area (Å²) in [6, 6.07) is 5.83. The highest BCUT2D eigenvalue weighted by atomic mass is 16.4. The van der Waals surface area contributed by atoms with E-state index in [-0.39, 0.29) is 12.5 Å². The lowest BCUT2D eigenvalue weighted by atomic mass is 9.72. The number of benzene rings is 1. The van der Waals surface area contributed by atoms with Crippen LogP contribution in [0.25, 0.3) is 0 Å². The molecule has 136 valence electrons. The Morgan fingerprint density at radius 1 is 1.36 bits per heavy atom. The number of aliphatic hydroxyl groups excluding tert-OH is 1. The van der Waals surface area contributed by atoms with Crippen LogP contribution >= 0.6 is 0 Å². The van der Waals surface area contributed by atoms with Crippen LogP contribution < -0.4 is 0 Å². The standard InChI is InChI=1S/C19H27N3O3/c1-5-22-11-16(20-21-22)8-9-17(19(3,4)18(24)25)14-7-6-13(2)15(10-14)12-23/h6-7,10-11,17,23H,5,8-9,12H2,1-4H3,(H,24,25). The molecule has 0 aliphatic rings. The van der Waals surface area contributed by atoms with Crippen LogP contribution in [0.5, 0.6) is 0 Å². The van der Waals surface area contributed by atoms with E-state index in [1.807, 2.05) is 38.2 Å². The predicted octanol–water partition coefficient (Wildman–Crippen LogP) is 2.93. The number of carbonyl (C=O) groups is 1. The van der Waals surface area contributed by atoms with Crippen molar-refractivity contribution in [3.05, 3.63) is 46.8 Å². The van der Waals surface area contributed by atoms with E-state index < -0.39 is 11.4 Å². The van der Waals surface area contributed by atoms with E-state index in [1.165, 1.54) is 0 Å². The maximum Gasteiger partial charge on any atom is 0.309 e. The summed E-state index contributed by atoms with van der Waals surface area (Å²) in [7, 11) is 0. The normalized spacial score (nSPS) is 13.0. The van der Waals surface area contributed by atoms with Gasteiger partial charge in [0.1, 0.15) is 0 Å². The fourth-order valence-corrected chi connectivity index (χ4v) is 3.07. The third kappa shape index (κ3) is 4.25. The third-order valence-electron chi connectivity index (χ3n) is 4.97. The molecule has 0 radical (unpaired) electrons. The van der Waals surface area contributed by atoms with Gasteiger partial charge < -0.3 is 10.2 Å². The van der Waals surface area contributed by atoms with E-state index in [0.29, 0.717) is 12.8 Å². The zero-order chi connectivity index (χ0) is 18.6. The molecular formula is C19H27N3O3. The van der Waals surface area contributed by atoms with Crippen molar-refractivity contribution in [1.29, 1.82) is 0 Å². The number of carboxylic acid groups (broad SMARTS) is 1. The molecule has 0 fully saturated rings. The summed E-state index contributed by atoms with van der Waals surface area (Å²) in [5, 5.41) is 27.4. The van der Waals surface area contributed by atoms with Gasteiger partial charge in [0.2, 0.25) is 0 Å². The number of aliphatic carboxylic acids is 1. The molecule has 1 aromatic heterocycles. The van der Waals surface area contributed by atoms with Crippen molar-refractivity contribution >= 4 is 5.97 Å². The molecule has 0 saturated heterocycles. The van der Waals surface area contributed by atoms with Crippen molar-refractivity contribution in [2.45, 2.75) is 59.6 Å². The van der Waals surface area contributed by atoms with Gasteiger partial charge in [0.05, 0.1) is 17.7 Å². The second-order valence-electron chi connectivity index (χ2n) is 7.03. The minimum absolute atomic E-state index is 0.0509. The van der Waals surface area contributed by atoms with Gasteiger partial charge >= 0.3 is 5.97 Å². The first-order chi connectivity index (χ1) is 11.8. The summed E-state index contributed by atoms with van der Waals surface area (Å²) in [6.45, 7) is 8.15. The van der Waals surface area contributed by atoms with Crippen molar-refractivity contribution in [2.24, 2.45) is 5.41 Å². The molecule has 0 amide bonds. The van der Waals surface area contributed by atoms with Crippen molar-refractivity contribution in [3.8, 4) is 0 Å². The lowest BCUT2D eigenvalue weighted by Gasteiger charge is -2.31. The van der Waals surface area contributed by atoms with Gasteiger partial charge in [-0.1, -0.05) is 23.4 Å². The number of carboxylic acids is 1. The SMILES string of the molecule is CCn1cc(CCC(c2ccc(C)c(CO)c2)C(C)(C)C(=O)O)nn1. The van der Waals surface area contributed by atoms with E-state index in [9.17, 15) is 15.0 Å². The first-order valence-corrected chi connectivity index (χ1v) is 8.62. The summed E-state index contributed by atoms with van der Waals surface area (Å²) < 4.78 is 1.77. The zero-order valence-electron chi connectivity index (χ0n) is 15.4. The molecule has 2 rings (SSSR count). The van der Waals surface area contributed by atoms with Crippen molar-refractivity contribution in [3.63, 3.8) is 0 Å². The molecule has 0 spiro atoms. The average Bonchev–Trinajstić information content (AvgIpc) is 3.04. The Balaban J connectivity index is 2.31. The topological polar surface area (TPSA) is 88.2 Å². The second kappa shape index (κ2) is 7.78. The number of nitrogens with zero attached hydrogens (tertiary/aromatic N) is 3. The highest BCUT2D eigenvalue weighted by Crippen LogP contribution is 2.39. The van der Waals surface area contributed by atoms with Crippen LogP contribution in [0.2, 0.25) is 0 Å². The van der Waals surface area contributed by atoms with E-state index in [4.69, 9.17) is 0 Å². The number of aryl methyl sites for hydroxylation is 3. The van der Waals surface area contributed by atoms with Gasteiger partial charge in [-0.15, -0.1) is 5.10 Å². The number of aliphatic hydroxyl groups is 1. The van der Waals surface area contributed by atoms with Gasteiger partial charge in [-0.25, -0.2) is 0 Å². The quantitative estimate of drug-likeness (QED) is 0.768. The molecule has 0 aliphatic heterocycles. The van der Waals surface area contributed by atoms with Crippen molar-refractivity contribution in [2.75, 3.05) is 0 Å². The smallest absolute Gasteiger partial charge is 0.309 e. The molecule has 1 heterocycles. The van der Waals surface area contributed by atoms with Gasteiger partial charge in [-0.2, -0.15) is 0 Å². The maximum absolute atomic E-state index is 11.8. The summed E-state index contributed by atoms with van der Waals surface area (Å²) in [5.74, 6) is -1.02. The monoisotopic (exact) mass is 345 g/mol. The highest BCUT2D eigenvalue weighted by Gasteiger charge is 2.37. The van der Waals surface area contributed by atoms with Crippen LogP contribution in [0.4, 0.5) is 0 Å². The van der Waals surface area contributed by atoms with Crippen LogP contribution in [-0.4, -0.2) is 31.2 Å². The number of hydrogen-bond donors (Lipinski definition) is 2. The van der Waals surface area contributed by atoms with Crippen LogP contribution in [0.3, 0.4) is 0 Å². The molecular weight excluding hydrogens is 318 g/mol. The van der Waals surface area contributed by atoms with Crippen LogP contribution in [0, 0.1) is 12.3 Å². The summed E-state index contributed by atoms with van der Waals surface area (Å²) in [6.07, 6.45) is 3.21. The lowest BCUT2D eigenvalue weighted by molar-refractivity contribution is -0.148. The fourth-order valence-electron chi connectivity index (χ4n) is 3.07. The van der Waals surface area contributed by atoms with E-state index in [1.54, 1.807) is 18.5 Å². The molecule has 1 atom stereocenters. The summed E-state index contributed by atoms with van der Waals surface area (Å²) >= 11 is 0. The Bertz CT molecular complexity index is 737. The second-order valence-corrected chi connectivity index (χ2v) is 7.03. The zero-order valence-corrected chi connectivity index (χ0v) is 15.4. The summed E-state index contributed by atoms with van der Waals surface area (Å²) in [4.78, 5) is 11.8. The predicted molar refractivity (Wildman–Crippen MR) is 95.3 cm³/mol. The molecule has 1 unspecified atom stereocenters. The van der Waals surface area contributed by atoms with Gasteiger partial charge in [0, 0.05) is 12.7 Å². The molecule has 2 N–H and O–H groups in total. The Morgan fingerprint density at radius 3 is 2.64 bits per heavy atom. The minimum Gasteiger partial charge on any atom is -0.481 e. The Hall–Kier alpha value is -2.21. The van der Waals surface area contributed by atoms with Crippen LogP contribution in [-0.2, 0) is 24.4 Å². The molecule has 0 aliphatic carbocycles. The molecule has 25 heavy (non-hydrogen) atoms. The van der Waals surface area contributed by atoms with Crippen LogP contribution in [0.1, 0.15) is 55.5 Å². The number of aromatic nitrogens is 3. The van der Waals surface area contributed by atoms with Crippen molar-refractivity contribution in [1.82, 2.24) is 15.0 Å². The fraction of sp³-hybridized carbons (Fsp3) is 0.526. The summed E-state index contributed by atoms with van der Waals surface area (Å²) in [5.41, 5.74) is 2.71. The molecule has 0 saturated carbocycles. The highest BCUT2D eigenvalue weighted by molar-refractivity contribution is 5.75. The van der Waals surface area contributed by atoms with Gasteiger partial charge in [-0.3, -0.25) is 9.48 Å². The first kappa shape index (κ1) is 19.1. The molecule has 2 aromatic rings. The Kier molecular flexibility index (Phi) is 5.95. The van der Waals surface area contributed by atoms with Gasteiger partial charge in [0.15, 0.2) is 0 Å². The largest absolute Gasteiger partial charge is 0.481 e. The number of hydrogen-bond acceptors (Lipinski definition) is 4. The molecule has 6 nitrogen and oxygen atoms in total. The minimum atomic E-state index is -0.928.